The van der Waals surface area contributed by atoms with Crippen molar-refractivity contribution < 1.29 is 22.7 Å². The lowest BCUT2D eigenvalue weighted by molar-refractivity contribution is -0.149. The molecule has 0 N–H and O–H groups in total. The van der Waals surface area contributed by atoms with E-state index in [2.05, 4.69) is 0 Å². The van der Waals surface area contributed by atoms with Gasteiger partial charge in [0.1, 0.15) is 17.9 Å². The molecule has 0 aromatic heterocycles. The van der Waals surface area contributed by atoms with Gasteiger partial charge in [0.05, 0.1) is 17.5 Å². The average molecular weight is 318 g/mol. The van der Waals surface area contributed by atoms with E-state index in [9.17, 15) is 18.0 Å². The van der Waals surface area contributed by atoms with Crippen LogP contribution in [0.15, 0.2) is 0 Å². The molecule has 0 aliphatic carbocycles. The zero-order valence-corrected chi connectivity index (χ0v) is 12.0. The number of halogens is 2. The second kappa shape index (κ2) is 6.08. The Bertz CT molecular complexity index is 438. The van der Waals surface area contributed by atoms with Crippen molar-refractivity contribution in [3.8, 4) is 0 Å². The Morgan fingerprint density at radius 3 is 2.39 bits per heavy atom. The number of sulfone groups is 1. The largest absolute Gasteiger partial charge is 0.458 e. The molecule has 1 aliphatic rings. The Hall–Kier alpha value is -0.530. The van der Waals surface area contributed by atoms with Crippen LogP contribution in [0.25, 0.3) is 0 Å². The lowest BCUT2D eigenvalue weighted by atomic mass is 10.2. The van der Waals surface area contributed by atoms with Crippen LogP contribution in [0.2, 0.25) is 0 Å². The summed E-state index contributed by atoms with van der Waals surface area (Å²) in [5.41, 5.74) is 0. The van der Waals surface area contributed by atoms with Crippen molar-refractivity contribution in [1.82, 2.24) is 4.90 Å². The highest BCUT2D eigenvalue weighted by molar-refractivity contribution is 7.91. The van der Waals surface area contributed by atoms with Gasteiger partial charge in [0.15, 0.2) is 9.84 Å². The summed E-state index contributed by atoms with van der Waals surface area (Å²) >= 11 is 10.7. The van der Waals surface area contributed by atoms with Crippen LogP contribution in [0.4, 0.5) is 0 Å². The normalized spacial score (nSPS) is 25.7. The second-order valence-corrected chi connectivity index (χ2v) is 6.63. The Labute approximate surface area is 115 Å². The summed E-state index contributed by atoms with van der Waals surface area (Å²) in [5.74, 6) is -2.31. The van der Waals surface area contributed by atoms with E-state index in [1.54, 1.807) is 0 Å². The minimum Gasteiger partial charge on any atom is -0.458 e. The van der Waals surface area contributed by atoms with Crippen LogP contribution < -0.4 is 0 Å². The van der Waals surface area contributed by atoms with Crippen molar-refractivity contribution in [3.05, 3.63) is 0 Å². The summed E-state index contributed by atoms with van der Waals surface area (Å²) in [7, 11) is -1.91. The van der Waals surface area contributed by atoms with Crippen molar-refractivity contribution >= 4 is 44.9 Å². The van der Waals surface area contributed by atoms with E-state index >= 15 is 0 Å². The number of rotatable bonds is 4. The van der Waals surface area contributed by atoms with E-state index in [0.717, 1.165) is 0 Å². The lowest BCUT2D eigenvalue weighted by Crippen LogP contribution is -2.46. The van der Waals surface area contributed by atoms with Gasteiger partial charge in [-0.15, -0.1) is 23.2 Å². The number of esters is 1. The van der Waals surface area contributed by atoms with Crippen LogP contribution >= 0.6 is 23.2 Å². The van der Waals surface area contributed by atoms with Crippen LogP contribution in [-0.4, -0.2) is 67.7 Å². The Morgan fingerprint density at radius 2 is 1.89 bits per heavy atom. The van der Waals surface area contributed by atoms with E-state index in [1.165, 1.54) is 11.9 Å². The van der Waals surface area contributed by atoms with Gasteiger partial charge in [-0.1, -0.05) is 0 Å². The number of carbonyl (C=O) groups excluding carboxylic acids is 2. The Morgan fingerprint density at radius 1 is 1.28 bits per heavy atom. The maximum absolute atomic E-state index is 11.5. The number of ether oxygens (including phenoxy) is 1. The van der Waals surface area contributed by atoms with E-state index in [4.69, 9.17) is 27.9 Å². The fourth-order valence-electron chi connectivity index (χ4n) is 1.75. The first-order valence-electron chi connectivity index (χ1n) is 5.08. The van der Waals surface area contributed by atoms with Gasteiger partial charge in [-0.3, -0.25) is 9.59 Å². The molecule has 0 radical (unpaired) electrons. The predicted molar refractivity (Wildman–Crippen MR) is 66.5 cm³/mol. The third kappa shape index (κ3) is 3.73. The van der Waals surface area contributed by atoms with Gasteiger partial charge >= 0.3 is 5.97 Å². The highest BCUT2D eigenvalue weighted by atomic mass is 35.5. The highest BCUT2D eigenvalue weighted by Crippen LogP contribution is 2.21. The summed E-state index contributed by atoms with van der Waals surface area (Å²) in [6.07, 6.45) is -0.890. The predicted octanol–water partition coefficient (Wildman–Crippen LogP) is -0.369. The number of hydrogen-bond acceptors (Lipinski definition) is 5. The smallest absolute Gasteiger partial charge is 0.321 e. The fourth-order valence-corrected chi connectivity index (χ4v) is 3.89. The molecule has 0 aromatic carbocycles. The molecule has 1 saturated heterocycles. The molecule has 104 valence electrons. The van der Waals surface area contributed by atoms with Gasteiger partial charge in [-0.2, -0.15) is 0 Å². The molecule has 1 rings (SSSR count). The Balaban J connectivity index is 2.85. The van der Waals surface area contributed by atoms with Crippen molar-refractivity contribution in [2.75, 3.05) is 30.3 Å². The zero-order chi connectivity index (χ0) is 13.9. The fraction of sp³-hybridized carbons (Fsp3) is 0.778. The highest BCUT2D eigenvalue weighted by Gasteiger charge is 2.43. The maximum atomic E-state index is 11.5. The van der Waals surface area contributed by atoms with Gasteiger partial charge in [0.2, 0.25) is 5.91 Å². The van der Waals surface area contributed by atoms with E-state index < -0.39 is 33.9 Å². The molecule has 18 heavy (non-hydrogen) atoms. The third-order valence-electron chi connectivity index (χ3n) is 2.67. The molecule has 0 spiro atoms. The van der Waals surface area contributed by atoms with Crippen LogP contribution in [0.5, 0.6) is 0 Å². The molecule has 0 saturated carbocycles. The number of amides is 1. The van der Waals surface area contributed by atoms with Crippen LogP contribution in [0.3, 0.4) is 0 Å². The first-order valence-corrected chi connectivity index (χ1v) is 7.97. The molecule has 0 aromatic rings. The monoisotopic (exact) mass is 317 g/mol. The summed E-state index contributed by atoms with van der Waals surface area (Å²) in [4.78, 5) is 23.7. The first kappa shape index (κ1) is 15.5. The van der Waals surface area contributed by atoms with Gasteiger partial charge in [-0.05, 0) is 0 Å². The van der Waals surface area contributed by atoms with E-state index in [0.29, 0.717) is 0 Å². The van der Waals surface area contributed by atoms with E-state index in [1.807, 2.05) is 0 Å². The summed E-state index contributed by atoms with van der Waals surface area (Å²) < 4.78 is 28.0. The van der Waals surface area contributed by atoms with Crippen LogP contribution in [0, 0.1) is 0 Å². The number of nitrogens with zero attached hydrogens (tertiary/aromatic N) is 1. The van der Waals surface area contributed by atoms with Crippen molar-refractivity contribution in [1.29, 1.82) is 0 Å². The molecule has 1 amide bonds. The number of alkyl halides is 2. The third-order valence-corrected chi connectivity index (χ3v) is 4.80. The molecule has 1 fully saturated rings. The van der Waals surface area contributed by atoms with Gasteiger partial charge in [0.25, 0.3) is 0 Å². The van der Waals surface area contributed by atoms with Crippen molar-refractivity contribution in [2.45, 2.75) is 12.1 Å². The SMILES string of the molecule is CN(C(=O)CCl)C1CS(=O)(=O)CC1OC(=O)CCl. The van der Waals surface area contributed by atoms with Crippen molar-refractivity contribution in [2.24, 2.45) is 0 Å². The average Bonchev–Trinajstić information content (AvgIpc) is 2.62. The van der Waals surface area contributed by atoms with Gasteiger partial charge < -0.3 is 9.64 Å². The Kier molecular flexibility index (Phi) is 5.24. The quantitative estimate of drug-likeness (QED) is 0.522. The van der Waals surface area contributed by atoms with Crippen LogP contribution in [-0.2, 0) is 24.2 Å². The molecule has 2 atom stereocenters. The summed E-state index contributed by atoms with van der Waals surface area (Å²) in [6.45, 7) is 0. The molecule has 2 unspecified atom stereocenters. The zero-order valence-electron chi connectivity index (χ0n) is 9.64. The van der Waals surface area contributed by atoms with Gasteiger partial charge in [0, 0.05) is 7.05 Å². The standard InChI is InChI=1S/C9H13Cl2NO5S/c1-12(8(13)2-10)6-4-18(15,16)5-7(6)17-9(14)3-11/h6-7H,2-5H2,1H3. The minimum atomic E-state index is -3.34. The first-order chi connectivity index (χ1) is 8.30. The molecule has 6 nitrogen and oxygen atoms in total. The lowest BCUT2D eigenvalue weighted by Gasteiger charge is -2.27. The number of hydrogen-bond donors (Lipinski definition) is 0. The number of carbonyl (C=O) groups is 2. The van der Waals surface area contributed by atoms with Crippen molar-refractivity contribution in [3.63, 3.8) is 0 Å². The minimum absolute atomic E-state index is 0.244. The number of likely N-dealkylation sites (N-methyl/N-ethyl adjacent to an activating group) is 1. The summed E-state index contributed by atoms with van der Waals surface area (Å²) in [5, 5.41) is 0. The van der Waals surface area contributed by atoms with Gasteiger partial charge in [-0.25, -0.2) is 8.42 Å². The molecule has 9 heteroatoms. The summed E-state index contributed by atoms with van der Waals surface area (Å²) in [6, 6.07) is -0.714. The second-order valence-electron chi connectivity index (χ2n) is 3.94. The molecular weight excluding hydrogens is 305 g/mol. The van der Waals surface area contributed by atoms with Crippen LogP contribution in [0.1, 0.15) is 0 Å². The molecular formula is C9H13Cl2NO5S. The van der Waals surface area contributed by atoms with E-state index in [-0.39, 0.29) is 23.3 Å². The molecule has 1 aliphatic heterocycles. The molecule has 0 bridgehead atoms. The topological polar surface area (TPSA) is 80.8 Å². The molecule has 1 heterocycles. The maximum Gasteiger partial charge on any atom is 0.321 e.